The lowest BCUT2D eigenvalue weighted by Crippen LogP contribution is -2.16. The summed E-state index contributed by atoms with van der Waals surface area (Å²) < 4.78 is 5.39. The first kappa shape index (κ1) is 15.9. The molecule has 0 aliphatic carbocycles. The molecule has 1 N–H and O–H groups in total. The highest BCUT2D eigenvalue weighted by Gasteiger charge is 2.10. The minimum atomic E-state index is 0.386. The first-order chi connectivity index (χ1) is 10.2. The first-order valence-electron chi connectivity index (χ1n) is 7.29. The zero-order chi connectivity index (χ0) is 15.1. The van der Waals surface area contributed by atoms with Crippen LogP contribution in [0.4, 0.5) is 0 Å². The molecule has 0 aliphatic heterocycles. The van der Waals surface area contributed by atoms with Crippen molar-refractivity contribution in [1.29, 1.82) is 0 Å². The van der Waals surface area contributed by atoms with Crippen molar-refractivity contribution in [2.24, 2.45) is 0 Å². The molecule has 112 valence electrons. The van der Waals surface area contributed by atoms with Gasteiger partial charge in [-0.05, 0) is 55.6 Å². The van der Waals surface area contributed by atoms with Crippen LogP contribution in [0.2, 0.25) is 5.02 Å². The molecule has 1 unspecified atom stereocenters. The largest absolute Gasteiger partial charge is 0.496 e. The van der Waals surface area contributed by atoms with Crippen molar-refractivity contribution in [3.8, 4) is 5.75 Å². The predicted octanol–water partition coefficient (Wildman–Crippen LogP) is 4.63. The zero-order valence-corrected chi connectivity index (χ0v) is 13.4. The van der Waals surface area contributed by atoms with Gasteiger partial charge in [-0.2, -0.15) is 0 Å². The van der Waals surface area contributed by atoms with Gasteiger partial charge in [0.05, 0.1) is 7.11 Å². The molecule has 2 nitrogen and oxygen atoms in total. The molecule has 0 aliphatic rings. The molecule has 0 heterocycles. The minimum Gasteiger partial charge on any atom is -0.496 e. The average Bonchev–Trinajstić information content (AvgIpc) is 2.52. The summed E-state index contributed by atoms with van der Waals surface area (Å²) in [4.78, 5) is 0. The van der Waals surface area contributed by atoms with Crippen LogP contribution in [0.5, 0.6) is 5.75 Å². The topological polar surface area (TPSA) is 21.3 Å². The van der Waals surface area contributed by atoms with E-state index in [1.54, 1.807) is 7.11 Å². The van der Waals surface area contributed by atoms with Crippen molar-refractivity contribution in [3.63, 3.8) is 0 Å². The summed E-state index contributed by atoms with van der Waals surface area (Å²) in [6.07, 6.45) is 3.13. The maximum atomic E-state index is 6.07. The van der Waals surface area contributed by atoms with Crippen molar-refractivity contribution < 1.29 is 4.74 Å². The van der Waals surface area contributed by atoms with Crippen LogP contribution in [-0.4, -0.2) is 14.2 Å². The van der Waals surface area contributed by atoms with Gasteiger partial charge in [-0.1, -0.05) is 41.9 Å². The van der Waals surface area contributed by atoms with E-state index < -0.39 is 0 Å². The van der Waals surface area contributed by atoms with Crippen LogP contribution in [0, 0.1) is 0 Å². The Morgan fingerprint density at radius 3 is 2.57 bits per heavy atom. The van der Waals surface area contributed by atoms with E-state index in [9.17, 15) is 0 Å². The fourth-order valence-corrected chi connectivity index (χ4v) is 2.80. The number of rotatable bonds is 7. The maximum Gasteiger partial charge on any atom is 0.122 e. The zero-order valence-electron chi connectivity index (χ0n) is 12.6. The highest BCUT2D eigenvalue weighted by Crippen LogP contribution is 2.26. The van der Waals surface area contributed by atoms with E-state index in [1.165, 1.54) is 11.1 Å². The van der Waals surface area contributed by atoms with E-state index >= 15 is 0 Å². The molecule has 2 rings (SSSR count). The highest BCUT2D eigenvalue weighted by molar-refractivity contribution is 6.30. The molecule has 1 atom stereocenters. The van der Waals surface area contributed by atoms with Gasteiger partial charge in [-0.3, -0.25) is 0 Å². The summed E-state index contributed by atoms with van der Waals surface area (Å²) in [5, 5.41) is 4.15. The second-order valence-electron chi connectivity index (χ2n) is 5.10. The number of hydrogen-bond acceptors (Lipinski definition) is 2. The molecule has 3 heteroatoms. The van der Waals surface area contributed by atoms with Gasteiger partial charge in [0.2, 0.25) is 0 Å². The maximum absolute atomic E-state index is 6.07. The smallest absolute Gasteiger partial charge is 0.122 e. The van der Waals surface area contributed by atoms with E-state index in [2.05, 4.69) is 29.6 Å². The van der Waals surface area contributed by atoms with Gasteiger partial charge in [-0.25, -0.2) is 0 Å². The number of ether oxygens (including phenoxy) is 1. The molecule has 0 saturated heterocycles. The molecule has 0 aromatic heterocycles. The molecule has 0 saturated carbocycles. The van der Waals surface area contributed by atoms with Gasteiger partial charge in [0.15, 0.2) is 0 Å². The number of hydrogen-bond donors (Lipinski definition) is 1. The first-order valence-corrected chi connectivity index (χ1v) is 7.67. The third-order valence-corrected chi connectivity index (χ3v) is 3.97. The van der Waals surface area contributed by atoms with Crippen molar-refractivity contribution in [2.75, 3.05) is 14.2 Å². The Kier molecular flexibility index (Phi) is 6.09. The van der Waals surface area contributed by atoms with Crippen LogP contribution in [0.1, 0.15) is 30.0 Å². The molecule has 0 bridgehead atoms. The van der Waals surface area contributed by atoms with Crippen LogP contribution in [-0.2, 0) is 6.42 Å². The van der Waals surface area contributed by atoms with Crippen molar-refractivity contribution in [2.45, 2.75) is 25.3 Å². The normalized spacial score (nSPS) is 12.1. The number of benzene rings is 2. The van der Waals surface area contributed by atoms with Gasteiger partial charge in [0.25, 0.3) is 0 Å². The van der Waals surface area contributed by atoms with Crippen molar-refractivity contribution in [1.82, 2.24) is 5.32 Å². The molecular formula is C18H22ClNO. The average molecular weight is 304 g/mol. The van der Waals surface area contributed by atoms with Gasteiger partial charge in [0.1, 0.15) is 5.75 Å². The Bertz CT molecular complexity index is 556. The van der Waals surface area contributed by atoms with E-state index in [4.69, 9.17) is 16.3 Å². The lowest BCUT2D eigenvalue weighted by atomic mass is 9.99. The lowest BCUT2D eigenvalue weighted by Gasteiger charge is -2.17. The lowest BCUT2D eigenvalue weighted by molar-refractivity contribution is 0.408. The van der Waals surface area contributed by atoms with E-state index in [1.807, 2.05) is 31.3 Å². The Morgan fingerprint density at radius 1 is 1.14 bits per heavy atom. The van der Waals surface area contributed by atoms with Gasteiger partial charge < -0.3 is 10.1 Å². The number of halogens is 1. The van der Waals surface area contributed by atoms with Gasteiger partial charge in [-0.15, -0.1) is 0 Å². The summed E-state index contributed by atoms with van der Waals surface area (Å²) >= 11 is 6.07. The SMILES string of the molecule is CNC(CCCc1cc(Cl)ccc1OC)c1ccccc1. The van der Waals surface area contributed by atoms with E-state index in [-0.39, 0.29) is 0 Å². The summed E-state index contributed by atoms with van der Waals surface area (Å²) in [7, 11) is 3.71. The van der Waals surface area contributed by atoms with Crippen LogP contribution >= 0.6 is 11.6 Å². The van der Waals surface area contributed by atoms with Crippen LogP contribution in [0.15, 0.2) is 48.5 Å². The van der Waals surface area contributed by atoms with Crippen LogP contribution < -0.4 is 10.1 Å². The van der Waals surface area contributed by atoms with Crippen molar-refractivity contribution >= 4 is 11.6 Å². The molecule has 0 radical (unpaired) electrons. The summed E-state index contributed by atoms with van der Waals surface area (Å²) in [5.74, 6) is 0.917. The van der Waals surface area contributed by atoms with Gasteiger partial charge in [0, 0.05) is 11.1 Å². The molecular weight excluding hydrogens is 282 g/mol. The molecule has 2 aromatic carbocycles. The van der Waals surface area contributed by atoms with Crippen molar-refractivity contribution in [3.05, 3.63) is 64.7 Å². The molecule has 0 fully saturated rings. The second kappa shape index (κ2) is 8.06. The Hall–Kier alpha value is -1.51. The number of methoxy groups -OCH3 is 1. The predicted molar refractivity (Wildman–Crippen MR) is 89.2 cm³/mol. The van der Waals surface area contributed by atoms with Crippen LogP contribution in [0.25, 0.3) is 0 Å². The van der Waals surface area contributed by atoms with Crippen LogP contribution in [0.3, 0.4) is 0 Å². The standard InChI is InChI=1S/C18H22ClNO/c1-20-17(14-7-4-3-5-8-14)10-6-9-15-13-16(19)11-12-18(15)21-2/h3-5,7-8,11-13,17,20H,6,9-10H2,1-2H3. The number of aryl methyl sites for hydroxylation is 1. The fourth-order valence-electron chi connectivity index (χ4n) is 2.60. The van der Waals surface area contributed by atoms with Gasteiger partial charge >= 0.3 is 0 Å². The second-order valence-corrected chi connectivity index (χ2v) is 5.54. The molecule has 0 amide bonds. The molecule has 2 aromatic rings. The van der Waals surface area contributed by atoms with E-state index in [0.29, 0.717) is 6.04 Å². The fraction of sp³-hybridized carbons (Fsp3) is 0.333. The number of nitrogens with one attached hydrogen (secondary N) is 1. The Morgan fingerprint density at radius 2 is 1.90 bits per heavy atom. The third kappa shape index (κ3) is 4.48. The summed E-state index contributed by atoms with van der Waals surface area (Å²) in [6.45, 7) is 0. The third-order valence-electron chi connectivity index (χ3n) is 3.73. The summed E-state index contributed by atoms with van der Waals surface area (Å²) in [5.41, 5.74) is 2.51. The minimum absolute atomic E-state index is 0.386. The quantitative estimate of drug-likeness (QED) is 0.805. The monoisotopic (exact) mass is 303 g/mol. The summed E-state index contributed by atoms with van der Waals surface area (Å²) in [6, 6.07) is 16.7. The molecule has 21 heavy (non-hydrogen) atoms. The van der Waals surface area contributed by atoms with E-state index in [0.717, 1.165) is 30.0 Å². The molecule has 0 spiro atoms. The highest BCUT2D eigenvalue weighted by atomic mass is 35.5. The Balaban J connectivity index is 1.96. The Labute approximate surface area is 132 Å².